The van der Waals surface area contributed by atoms with Crippen molar-refractivity contribution in [2.24, 2.45) is 5.92 Å². The molecular formula is C26H24F3N3O7S. The van der Waals surface area contributed by atoms with E-state index in [0.29, 0.717) is 48.5 Å². The first-order valence-corrected chi connectivity index (χ1v) is 12.9. The monoisotopic (exact) mass is 579 g/mol. The molecule has 3 amide bonds. The Bertz CT molecular complexity index is 1390. The third-order valence-corrected chi connectivity index (χ3v) is 7.40. The van der Waals surface area contributed by atoms with Gasteiger partial charge in [0.25, 0.3) is 11.1 Å². The van der Waals surface area contributed by atoms with Gasteiger partial charge in [-0.2, -0.15) is 13.2 Å². The van der Waals surface area contributed by atoms with Gasteiger partial charge in [0.05, 0.1) is 22.5 Å². The molecule has 0 bridgehead atoms. The molecule has 2 fully saturated rings. The number of nitro groups is 1. The van der Waals surface area contributed by atoms with Crippen LogP contribution in [-0.2, 0) is 15.8 Å². The van der Waals surface area contributed by atoms with E-state index in [2.05, 4.69) is 6.92 Å². The largest absolute Gasteiger partial charge is 0.493 e. The van der Waals surface area contributed by atoms with Gasteiger partial charge in [-0.15, -0.1) is 0 Å². The van der Waals surface area contributed by atoms with Crippen LogP contribution >= 0.6 is 11.8 Å². The van der Waals surface area contributed by atoms with Crippen LogP contribution in [0.4, 0.5) is 23.7 Å². The minimum absolute atomic E-state index is 0.0305. The first-order valence-electron chi connectivity index (χ1n) is 12.1. The van der Waals surface area contributed by atoms with Crippen molar-refractivity contribution in [3.8, 4) is 17.2 Å². The zero-order valence-corrected chi connectivity index (χ0v) is 22.2. The number of alkyl halides is 3. The molecule has 10 nitrogen and oxygen atoms in total. The molecule has 40 heavy (non-hydrogen) atoms. The van der Waals surface area contributed by atoms with Crippen molar-refractivity contribution in [1.29, 1.82) is 0 Å². The van der Waals surface area contributed by atoms with E-state index < -0.39 is 39.2 Å². The molecule has 14 heteroatoms. The lowest BCUT2D eigenvalue weighted by Crippen LogP contribution is -2.45. The molecule has 2 aromatic rings. The van der Waals surface area contributed by atoms with Crippen molar-refractivity contribution < 1.29 is 42.0 Å². The number of likely N-dealkylation sites (tertiary alicyclic amines) is 1. The number of hydrogen-bond acceptors (Lipinski definition) is 8. The normalized spacial score (nSPS) is 17.5. The van der Waals surface area contributed by atoms with E-state index in [1.807, 2.05) is 0 Å². The van der Waals surface area contributed by atoms with Crippen molar-refractivity contribution in [1.82, 2.24) is 9.80 Å². The zero-order valence-electron chi connectivity index (χ0n) is 21.4. The molecule has 0 atom stereocenters. The summed E-state index contributed by atoms with van der Waals surface area (Å²) in [5.74, 6) is -0.792. The Labute approximate surface area is 230 Å². The summed E-state index contributed by atoms with van der Waals surface area (Å²) in [5.41, 5.74) is -1.67. The second-order valence-electron chi connectivity index (χ2n) is 9.28. The van der Waals surface area contributed by atoms with Crippen LogP contribution in [0, 0.1) is 16.0 Å². The Kier molecular flexibility index (Phi) is 8.37. The van der Waals surface area contributed by atoms with Gasteiger partial charge >= 0.3 is 11.9 Å². The van der Waals surface area contributed by atoms with E-state index >= 15 is 0 Å². The number of rotatable bonds is 7. The molecule has 4 rings (SSSR count). The molecular weight excluding hydrogens is 555 g/mol. The molecule has 2 aliphatic heterocycles. The fraction of sp³-hybridized carbons (Fsp3) is 0.346. The number of ether oxygens (including phenoxy) is 2. The number of benzene rings is 2. The lowest BCUT2D eigenvalue weighted by molar-refractivity contribution is -0.385. The molecule has 0 unspecified atom stereocenters. The topological polar surface area (TPSA) is 119 Å². The van der Waals surface area contributed by atoms with Gasteiger partial charge in [-0.05, 0) is 66.4 Å². The van der Waals surface area contributed by atoms with E-state index in [0.717, 1.165) is 23.8 Å². The van der Waals surface area contributed by atoms with Gasteiger partial charge in [-0.1, -0.05) is 13.0 Å². The predicted octanol–water partition coefficient (Wildman–Crippen LogP) is 5.71. The van der Waals surface area contributed by atoms with Gasteiger partial charge in [-0.25, -0.2) is 0 Å². The Balaban J connectivity index is 1.51. The van der Waals surface area contributed by atoms with E-state index in [9.17, 15) is 37.7 Å². The quantitative estimate of drug-likeness (QED) is 0.233. The van der Waals surface area contributed by atoms with Gasteiger partial charge in [0, 0.05) is 19.2 Å². The number of carbonyl (C=O) groups excluding carboxylic acids is 3. The minimum Gasteiger partial charge on any atom is -0.493 e. The average molecular weight is 580 g/mol. The number of nitrogens with zero attached hydrogens (tertiary/aromatic N) is 3. The first kappa shape index (κ1) is 28.9. The fourth-order valence-corrected chi connectivity index (χ4v) is 5.02. The molecule has 212 valence electrons. The molecule has 0 saturated carbocycles. The molecule has 2 saturated heterocycles. The molecule has 0 N–H and O–H groups in total. The maximum Gasteiger partial charge on any atom is 0.416 e. The summed E-state index contributed by atoms with van der Waals surface area (Å²) < 4.78 is 49.8. The van der Waals surface area contributed by atoms with Gasteiger partial charge in [0.15, 0.2) is 11.5 Å². The SMILES string of the molecule is COc1cc(/C=C2/SC(=O)N(CC(=O)N3CCC(C)CC3)C2=O)ccc1Oc1ccc(C(F)(F)F)cc1[N+](=O)[O-]. The van der Waals surface area contributed by atoms with Crippen molar-refractivity contribution in [2.75, 3.05) is 26.7 Å². The van der Waals surface area contributed by atoms with Crippen LogP contribution in [0.1, 0.15) is 30.9 Å². The van der Waals surface area contributed by atoms with Crippen LogP contribution in [0.3, 0.4) is 0 Å². The van der Waals surface area contributed by atoms with Crippen molar-refractivity contribution >= 4 is 40.6 Å². The highest BCUT2D eigenvalue weighted by Gasteiger charge is 2.38. The van der Waals surface area contributed by atoms with Crippen LogP contribution in [0.25, 0.3) is 6.08 Å². The van der Waals surface area contributed by atoms with Crippen LogP contribution in [0.15, 0.2) is 41.3 Å². The summed E-state index contributed by atoms with van der Waals surface area (Å²) in [7, 11) is 1.29. The molecule has 2 heterocycles. The van der Waals surface area contributed by atoms with Crippen LogP contribution in [-0.4, -0.2) is 58.5 Å². The lowest BCUT2D eigenvalue weighted by Gasteiger charge is -2.31. The van der Waals surface area contributed by atoms with Gasteiger partial charge < -0.3 is 14.4 Å². The fourth-order valence-electron chi connectivity index (χ4n) is 4.18. The number of hydrogen-bond donors (Lipinski definition) is 0. The highest BCUT2D eigenvalue weighted by Crippen LogP contribution is 2.41. The molecule has 0 radical (unpaired) electrons. The first-order chi connectivity index (χ1) is 18.9. The Morgan fingerprint density at radius 3 is 2.42 bits per heavy atom. The predicted molar refractivity (Wildman–Crippen MR) is 139 cm³/mol. The zero-order chi connectivity index (χ0) is 29.2. The second kappa shape index (κ2) is 11.6. The molecule has 0 spiro atoms. The highest BCUT2D eigenvalue weighted by atomic mass is 32.2. The number of carbonyl (C=O) groups is 3. The number of piperidine rings is 1. The number of nitro benzene ring substituents is 1. The average Bonchev–Trinajstić information content (AvgIpc) is 3.16. The third kappa shape index (κ3) is 6.38. The summed E-state index contributed by atoms with van der Waals surface area (Å²) in [4.78, 5) is 51.1. The van der Waals surface area contributed by atoms with E-state index in [4.69, 9.17) is 9.47 Å². The number of halogens is 3. The third-order valence-electron chi connectivity index (χ3n) is 6.49. The maximum atomic E-state index is 13.0. The smallest absolute Gasteiger partial charge is 0.416 e. The van der Waals surface area contributed by atoms with Crippen LogP contribution < -0.4 is 9.47 Å². The Morgan fingerprint density at radius 2 is 1.80 bits per heavy atom. The van der Waals surface area contributed by atoms with Crippen molar-refractivity contribution in [3.63, 3.8) is 0 Å². The number of thioether (sulfide) groups is 1. The summed E-state index contributed by atoms with van der Waals surface area (Å²) in [6.45, 7) is 2.92. The van der Waals surface area contributed by atoms with E-state index in [1.54, 1.807) is 4.90 Å². The second-order valence-corrected chi connectivity index (χ2v) is 10.3. The minimum atomic E-state index is -4.78. The number of imide groups is 1. The molecule has 2 aliphatic rings. The van der Waals surface area contributed by atoms with Gasteiger partial charge in [0.1, 0.15) is 6.54 Å². The van der Waals surface area contributed by atoms with Crippen LogP contribution in [0.2, 0.25) is 0 Å². The summed E-state index contributed by atoms with van der Waals surface area (Å²) >= 11 is 0.683. The lowest BCUT2D eigenvalue weighted by atomic mass is 9.99. The molecule has 0 aromatic heterocycles. The standard InChI is InChI=1S/C26H24F3N3O7S/c1-15-7-9-30(10-8-15)23(33)14-31-24(34)22(40-25(31)35)12-16-3-5-20(21(11-16)38-2)39-19-6-4-17(26(27,28)29)13-18(19)32(36)37/h3-6,11-13,15H,7-10,14H2,1-2H3/b22-12+. The Hall–Kier alpha value is -4.07. The molecule has 0 aliphatic carbocycles. The maximum absolute atomic E-state index is 13.0. The van der Waals surface area contributed by atoms with E-state index in [1.165, 1.54) is 31.4 Å². The molecule has 2 aromatic carbocycles. The number of methoxy groups -OCH3 is 1. The van der Waals surface area contributed by atoms with Crippen LogP contribution in [0.5, 0.6) is 17.2 Å². The van der Waals surface area contributed by atoms with Crippen molar-refractivity contribution in [2.45, 2.75) is 25.9 Å². The van der Waals surface area contributed by atoms with Crippen molar-refractivity contribution in [3.05, 3.63) is 62.5 Å². The summed E-state index contributed by atoms with van der Waals surface area (Å²) in [6.07, 6.45) is -1.63. The Morgan fingerprint density at radius 1 is 1.12 bits per heavy atom. The summed E-state index contributed by atoms with van der Waals surface area (Å²) in [6, 6.07) is 6.15. The van der Waals surface area contributed by atoms with Gasteiger partial charge in [-0.3, -0.25) is 29.4 Å². The summed E-state index contributed by atoms with van der Waals surface area (Å²) in [5, 5.41) is 10.8. The van der Waals surface area contributed by atoms with E-state index in [-0.39, 0.29) is 28.9 Å². The van der Waals surface area contributed by atoms with Gasteiger partial charge in [0.2, 0.25) is 11.7 Å². The number of amides is 3. The highest BCUT2D eigenvalue weighted by molar-refractivity contribution is 8.18.